The van der Waals surface area contributed by atoms with Crippen LogP contribution in [0.5, 0.6) is 0 Å². The van der Waals surface area contributed by atoms with Crippen LogP contribution in [0.15, 0.2) is 41.6 Å². The molecule has 8 heteroatoms. The number of sulfone groups is 1. The van der Waals surface area contributed by atoms with Crippen LogP contribution in [0.2, 0.25) is 5.31 Å². The van der Waals surface area contributed by atoms with Crippen molar-refractivity contribution in [3.05, 3.63) is 42.2 Å². The van der Waals surface area contributed by atoms with Gasteiger partial charge in [-0.1, -0.05) is 26.0 Å². The van der Waals surface area contributed by atoms with Crippen LogP contribution in [0.1, 0.15) is 33.3 Å². The van der Waals surface area contributed by atoms with Gasteiger partial charge in [-0.05, 0) is 42.3 Å². The van der Waals surface area contributed by atoms with Gasteiger partial charge in [0.15, 0.2) is 9.84 Å². The molecule has 0 amide bonds. The molecule has 3 rings (SSSR count). The molecule has 1 saturated heterocycles. The minimum Gasteiger partial charge on any atom is -0.435 e. The first-order valence-corrected chi connectivity index (χ1v) is 10.2. The van der Waals surface area contributed by atoms with Crippen LogP contribution in [-0.2, 0) is 21.0 Å². The molecule has 2 aromatic rings. The van der Waals surface area contributed by atoms with E-state index in [4.69, 9.17) is 4.65 Å². The van der Waals surface area contributed by atoms with Crippen molar-refractivity contribution in [1.82, 2.24) is 9.78 Å². The van der Waals surface area contributed by atoms with Crippen molar-refractivity contribution in [3.63, 3.8) is 0 Å². The molecule has 1 radical (unpaired) electrons. The van der Waals surface area contributed by atoms with Gasteiger partial charge >= 0.3 is 0 Å². The van der Waals surface area contributed by atoms with E-state index in [9.17, 15) is 8.42 Å². The van der Waals surface area contributed by atoms with E-state index in [1.165, 1.54) is 6.26 Å². The molecule has 0 aliphatic carbocycles. The SMILES string of the molecule is CC1(C)[B]B(c2cnn(Cc3ccc(S(C)(=O)=O)cc3)c2)OC1(C)C. The Morgan fingerprint density at radius 1 is 1.20 bits per heavy atom. The number of hydrogen-bond donors (Lipinski definition) is 0. The summed E-state index contributed by atoms with van der Waals surface area (Å²) in [6.07, 6.45) is 5.04. The van der Waals surface area contributed by atoms with Crippen molar-refractivity contribution < 1.29 is 13.1 Å². The minimum atomic E-state index is -3.16. The molecule has 1 aliphatic heterocycles. The molecule has 0 unspecified atom stereocenters. The summed E-state index contributed by atoms with van der Waals surface area (Å²) >= 11 is 0. The fraction of sp³-hybridized carbons (Fsp3) is 0.471. The topological polar surface area (TPSA) is 61.2 Å². The van der Waals surface area contributed by atoms with E-state index in [1.54, 1.807) is 12.1 Å². The van der Waals surface area contributed by atoms with Crippen LogP contribution in [0.3, 0.4) is 0 Å². The van der Waals surface area contributed by atoms with Gasteiger partial charge in [0.1, 0.15) is 7.17 Å². The van der Waals surface area contributed by atoms with Crippen LogP contribution < -0.4 is 5.46 Å². The van der Waals surface area contributed by atoms with Gasteiger partial charge in [-0.2, -0.15) is 5.10 Å². The number of hydrogen-bond acceptors (Lipinski definition) is 4. The Balaban J connectivity index is 1.73. The molecule has 5 nitrogen and oxygen atoms in total. The average Bonchev–Trinajstić information content (AvgIpc) is 3.01. The van der Waals surface area contributed by atoms with Crippen molar-refractivity contribution in [1.29, 1.82) is 0 Å². The van der Waals surface area contributed by atoms with Crippen molar-refractivity contribution in [3.8, 4) is 0 Å². The van der Waals surface area contributed by atoms with Gasteiger partial charge in [0.25, 0.3) is 6.81 Å². The molecule has 1 aromatic heterocycles. The summed E-state index contributed by atoms with van der Waals surface area (Å²) in [5, 5.41) is 4.41. The predicted octanol–water partition coefficient (Wildman–Crippen LogP) is 1.74. The van der Waals surface area contributed by atoms with Gasteiger partial charge < -0.3 is 4.65 Å². The highest BCUT2D eigenvalue weighted by atomic mass is 32.2. The Kier molecular flexibility index (Phi) is 4.40. The molecule has 0 spiro atoms. The smallest absolute Gasteiger partial charge is 0.283 e. The van der Waals surface area contributed by atoms with Gasteiger partial charge in [-0.15, -0.1) is 0 Å². The van der Waals surface area contributed by atoms with Gasteiger partial charge in [-0.3, -0.25) is 4.68 Å². The molecule has 1 aliphatic rings. The molecule has 1 aromatic carbocycles. The second-order valence-corrected chi connectivity index (χ2v) is 9.84. The predicted molar refractivity (Wildman–Crippen MR) is 101 cm³/mol. The quantitative estimate of drug-likeness (QED) is 0.783. The molecular weight excluding hydrogens is 334 g/mol. The third-order valence-corrected chi connectivity index (χ3v) is 6.35. The van der Waals surface area contributed by atoms with Crippen molar-refractivity contribution in [2.45, 2.75) is 50.1 Å². The number of rotatable bonds is 4. The summed E-state index contributed by atoms with van der Waals surface area (Å²) in [6.45, 7) is 9.10. The molecular formula is C17H23B2N2O3S. The van der Waals surface area contributed by atoms with Crippen molar-refractivity contribution in [2.75, 3.05) is 6.26 Å². The molecule has 131 valence electrons. The highest BCUT2D eigenvalue weighted by Crippen LogP contribution is 2.45. The van der Waals surface area contributed by atoms with E-state index in [0.717, 1.165) is 11.0 Å². The lowest BCUT2D eigenvalue weighted by atomic mass is 9.24. The maximum absolute atomic E-state index is 11.5. The molecule has 0 atom stereocenters. The van der Waals surface area contributed by atoms with Gasteiger partial charge in [0, 0.05) is 24.3 Å². The van der Waals surface area contributed by atoms with E-state index >= 15 is 0 Å². The average molecular weight is 357 g/mol. The monoisotopic (exact) mass is 357 g/mol. The van der Waals surface area contributed by atoms with Gasteiger partial charge in [0.2, 0.25) is 0 Å². The maximum Gasteiger partial charge on any atom is 0.283 e. The van der Waals surface area contributed by atoms with Crippen LogP contribution in [0, 0.1) is 0 Å². The Labute approximate surface area is 151 Å². The first-order chi connectivity index (χ1) is 11.5. The van der Waals surface area contributed by atoms with Crippen molar-refractivity contribution in [2.24, 2.45) is 0 Å². The van der Waals surface area contributed by atoms with E-state index in [1.807, 2.05) is 29.2 Å². The summed E-state index contributed by atoms with van der Waals surface area (Å²) in [7, 11) is -0.933. The third-order valence-electron chi connectivity index (χ3n) is 5.22. The summed E-state index contributed by atoms with van der Waals surface area (Å²) in [5.74, 6) is 0. The minimum absolute atomic E-state index is 0.0127. The normalized spacial score (nSPS) is 19.0. The van der Waals surface area contributed by atoms with E-state index in [-0.39, 0.29) is 17.7 Å². The van der Waals surface area contributed by atoms with Crippen molar-refractivity contribution >= 4 is 29.3 Å². The number of benzene rings is 1. The first kappa shape index (κ1) is 18.3. The van der Waals surface area contributed by atoms with Crippen LogP contribution in [0.25, 0.3) is 0 Å². The Bertz CT molecular complexity index is 858. The fourth-order valence-electron chi connectivity index (χ4n) is 2.89. The van der Waals surface area contributed by atoms with Gasteiger partial charge in [-0.25, -0.2) is 8.42 Å². The van der Waals surface area contributed by atoms with E-state index in [2.05, 4.69) is 40.0 Å². The lowest BCUT2D eigenvalue weighted by Crippen LogP contribution is -2.36. The number of nitrogens with zero attached hydrogens (tertiary/aromatic N) is 2. The molecule has 2 heterocycles. The molecule has 1 fully saturated rings. The molecule has 25 heavy (non-hydrogen) atoms. The summed E-state index contributed by atoms with van der Waals surface area (Å²) in [4.78, 5) is 0.329. The second-order valence-electron chi connectivity index (χ2n) is 7.82. The summed E-state index contributed by atoms with van der Waals surface area (Å²) in [6, 6.07) is 6.91. The zero-order valence-electron chi connectivity index (χ0n) is 15.4. The Hall–Kier alpha value is -1.53. The second kappa shape index (κ2) is 6.02. The largest absolute Gasteiger partial charge is 0.435 e. The summed E-state index contributed by atoms with van der Waals surface area (Å²) in [5.41, 5.74) is 1.81. The van der Waals surface area contributed by atoms with Crippen LogP contribution in [0.4, 0.5) is 0 Å². The molecule has 0 saturated carbocycles. The first-order valence-electron chi connectivity index (χ1n) is 8.33. The van der Waals surface area contributed by atoms with E-state index in [0.29, 0.717) is 11.4 Å². The standard InChI is InChI=1S/C17H23B2N2O3S/c1-16(2)17(3,4)24-19(18-16)14-10-20-21(12-14)11-13-6-8-15(9-7-13)25(5,22)23/h6-10,12H,11H2,1-5H3. The molecule has 0 N–H and O–H groups in total. The third kappa shape index (κ3) is 3.70. The lowest BCUT2D eigenvalue weighted by Gasteiger charge is -2.34. The summed E-state index contributed by atoms with van der Waals surface area (Å²) < 4.78 is 31.1. The van der Waals surface area contributed by atoms with E-state index < -0.39 is 9.84 Å². The van der Waals surface area contributed by atoms with Gasteiger partial charge in [0.05, 0.1) is 11.4 Å². The Morgan fingerprint density at radius 3 is 2.36 bits per heavy atom. The number of aromatic nitrogens is 2. The zero-order valence-corrected chi connectivity index (χ0v) is 16.2. The zero-order chi connectivity index (χ0) is 18.5. The lowest BCUT2D eigenvalue weighted by molar-refractivity contribution is 0.0881. The fourth-order valence-corrected chi connectivity index (χ4v) is 3.52. The Morgan fingerprint density at radius 2 is 1.84 bits per heavy atom. The maximum atomic E-state index is 11.5. The molecule has 0 bridgehead atoms. The van der Waals surface area contributed by atoms with Crippen LogP contribution in [-0.4, -0.2) is 44.0 Å². The highest BCUT2D eigenvalue weighted by Gasteiger charge is 2.50. The highest BCUT2D eigenvalue weighted by molar-refractivity contribution is 7.90. The van der Waals surface area contributed by atoms with Crippen LogP contribution >= 0.6 is 0 Å².